The number of rotatable bonds is 6. The third kappa shape index (κ3) is 4.30. The van der Waals surface area contributed by atoms with E-state index < -0.39 is 11.1 Å². The molecule has 1 heterocycles. The maximum atomic E-state index is 12.4. The van der Waals surface area contributed by atoms with Gasteiger partial charge in [0.2, 0.25) is 5.91 Å². The normalized spacial score (nSPS) is 15.4. The first-order valence-electron chi connectivity index (χ1n) is 9.64. The Bertz CT molecular complexity index is 925. The van der Waals surface area contributed by atoms with E-state index in [0.29, 0.717) is 23.6 Å². The summed E-state index contributed by atoms with van der Waals surface area (Å²) in [6.07, 6.45) is 6.32. The fraction of sp³-hybridized carbons (Fsp3) is 0.550. The SMILES string of the molecule is CN(CCNC(=O)Cn1c(=O)c(=O)n(C)c2ccccc21)C1CCCCC1. The van der Waals surface area contributed by atoms with E-state index in [4.69, 9.17) is 0 Å². The molecule has 3 rings (SSSR count). The second-order valence-corrected chi connectivity index (χ2v) is 7.37. The number of nitrogens with zero attached hydrogens (tertiary/aromatic N) is 3. The first-order valence-corrected chi connectivity index (χ1v) is 9.64. The molecule has 1 fully saturated rings. The lowest BCUT2D eigenvalue weighted by Crippen LogP contribution is -2.44. The van der Waals surface area contributed by atoms with Crippen LogP contribution in [0.4, 0.5) is 0 Å². The topological polar surface area (TPSA) is 76.3 Å². The van der Waals surface area contributed by atoms with Gasteiger partial charge in [-0.05, 0) is 32.0 Å². The monoisotopic (exact) mass is 372 g/mol. The molecule has 27 heavy (non-hydrogen) atoms. The molecule has 146 valence electrons. The van der Waals surface area contributed by atoms with Crippen LogP contribution in [0, 0.1) is 0 Å². The first kappa shape index (κ1) is 19.4. The smallest absolute Gasteiger partial charge is 0.317 e. The molecule has 2 aromatic rings. The molecule has 0 saturated heterocycles. The molecule has 1 amide bonds. The van der Waals surface area contributed by atoms with Crippen molar-refractivity contribution < 1.29 is 4.79 Å². The summed E-state index contributed by atoms with van der Waals surface area (Å²) in [6, 6.07) is 7.71. The van der Waals surface area contributed by atoms with Gasteiger partial charge < -0.3 is 14.8 Å². The predicted octanol–water partition coefficient (Wildman–Crippen LogP) is 1.08. The minimum atomic E-state index is -0.675. The lowest BCUT2D eigenvalue weighted by molar-refractivity contribution is -0.121. The number of aryl methyl sites for hydroxylation is 1. The Morgan fingerprint density at radius 2 is 1.78 bits per heavy atom. The number of amides is 1. The highest BCUT2D eigenvalue weighted by Gasteiger charge is 2.18. The van der Waals surface area contributed by atoms with Gasteiger partial charge in [0.05, 0.1) is 11.0 Å². The van der Waals surface area contributed by atoms with Crippen LogP contribution < -0.4 is 16.4 Å². The Morgan fingerprint density at radius 1 is 1.11 bits per heavy atom. The standard InChI is InChI=1S/C20H28N4O3/c1-22(15-8-4-3-5-9-15)13-12-21-18(25)14-24-17-11-7-6-10-16(17)23(2)19(26)20(24)27/h6-7,10-11,15H,3-5,8-9,12-14H2,1-2H3,(H,21,25). The van der Waals surface area contributed by atoms with Crippen LogP contribution in [0.2, 0.25) is 0 Å². The number of benzene rings is 1. The van der Waals surface area contributed by atoms with E-state index in [2.05, 4.69) is 17.3 Å². The summed E-state index contributed by atoms with van der Waals surface area (Å²) >= 11 is 0. The van der Waals surface area contributed by atoms with Gasteiger partial charge in [-0.15, -0.1) is 0 Å². The van der Waals surface area contributed by atoms with Gasteiger partial charge in [-0.2, -0.15) is 0 Å². The van der Waals surface area contributed by atoms with Gasteiger partial charge in [0.1, 0.15) is 6.54 Å². The van der Waals surface area contributed by atoms with E-state index in [1.165, 1.54) is 41.2 Å². The van der Waals surface area contributed by atoms with Crippen molar-refractivity contribution >= 4 is 16.9 Å². The molecule has 1 aliphatic carbocycles. The number of likely N-dealkylation sites (N-methyl/N-ethyl adjacent to an activating group) is 1. The van der Waals surface area contributed by atoms with E-state index in [0.717, 1.165) is 6.54 Å². The Kier molecular flexibility index (Phi) is 6.11. The number of carbonyl (C=O) groups excluding carboxylic acids is 1. The number of fused-ring (bicyclic) bond motifs is 1. The molecule has 7 heteroatoms. The van der Waals surface area contributed by atoms with Crippen molar-refractivity contribution in [3.63, 3.8) is 0 Å². The second-order valence-electron chi connectivity index (χ2n) is 7.37. The molecular formula is C20H28N4O3. The van der Waals surface area contributed by atoms with Gasteiger partial charge in [0.25, 0.3) is 0 Å². The predicted molar refractivity (Wildman–Crippen MR) is 106 cm³/mol. The fourth-order valence-electron chi connectivity index (χ4n) is 3.89. The van der Waals surface area contributed by atoms with Crippen molar-refractivity contribution in [2.45, 2.75) is 44.7 Å². The molecule has 0 unspecified atom stereocenters. The zero-order valence-corrected chi connectivity index (χ0v) is 16.1. The van der Waals surface area contributed by atoms with Crippen LogP contribution in [-0.4, -0.2) is 46.1 Å². The molecule has 0 radical (unpaired) electrons. The largest absolute Gasteiger partial charge is 0.353 e. The number of nitrogens with one attached hydrogen (secondary N) is 1. The Balaban J connectivity index is 1.64. The van der Waals surface area contributed by atoms with Crippen LogP contribution >= 0.6 is 0 Å². The van der Waals surface area contributed by atoms with Crippen molar-refractivity contribution in [2.24, 2.45) is 7.05 Å². The van der Waals surface area contributed by atoms with Gasteiger partial charge in [-0.1, -0.05) is 31.4 Å². The van der Waals surface area contributed by atoms with Crippen LogP contribution in [0.25, 0.3) is 11.0 Å². The highest BCUT2D eigenvalue weighted by atomic mass is 16.2. The summed E-state index contributed by atoms with van der Waals surface area (Å²) in [5.74, 6) is -0.257. The Hall–Kier alpha value is -2.41. The summed E-state index contributed by atoms with van der Waals surface area (Å²) in [6.45, 7) is 1.16. The van der Waals surface area contributed by atoms with Crippen molar-refractivity contribution in [2.75, 3.05) is 20.1 Å². The van der Waals surface area contributed by atoms with Crippen LogP contribution in [0.3, 0.4) is 0 Å². The van der Waals surface area contributed by atoms with Gasteiger partial charge in [-0.25, -0.2) is 0 Å². The zero-order valence-electron chi connectivity index (χ0n) is 16.1. The molecule has 1 saturated carbocycles. The molecule has 7 nitrogen and oxygen atoms in total. The summed E-state index contributed by atoms with van der Waals surface area (Å²) in [5.41, 5.74) is -0.0878. The van der Waals surface area contributed by atoms with E-state index in [9.17, 15) is 14.4 Å². The molecule has 0 atom stereocenters. The van der Waals surface area contributed by atoms with Gasteiger partial charge in [-0.3, -0.25) is 19.0 Å². The highest BCUT2D eigenvalue weighted by molar-refractivity contribution is 5.80. The third-order valence-electron chi connectivity index (χ3n) is 5.55. The van der Waals surface area contributed by atoms with Crippen LogP contribution in [-0.2, 0) is 18.4 Å². The minimum Gasteiger partial charge on any atom is -0.353 e. The van der Waals surface area contributed by atoms with Crippen molar-refractivity contribution in [1.82, 2.24) is 19.4 Å². The van der Waals surface area contributed by atoms with E-state index >= 15 is 0 Å². The fourth-order valence-corrected chi connectivity index (χ4v) is 3.89. The van der Waals surface area contributed by atoms with E-state index in [1.807, 2.05) is 0 Å². The van der Waals surface area contributed by atoms with E-state index in [1.54, 1.807) is 31.3 Å². The zero-order chi connectivity index (χ0) is 19.4. The first-order chi connectivity index (χ1) is 13.0. The van der Waals surface area contributed by atoms with Gasteiger partial charge in [0.15, 0.2) is 0 Å². The molecule has 0 aliphatic heterocycles. The molecular weight excluding hydrogens is 344 g/mol. The second kappa shape index (κ2) is 8.52. The van der Waals surface area contributed by atoms with E-state index in [-0.39, 0.29) is 12.5 Å². The summed E-state index contributed by atoms with van der Waals surface area (Å²) in [5, 5.41) is 2.88. The molecule has 0 bridgehead atoms. The molecule has 1 aromatic carbocycles. The molecule has 1 aromatic heterocycles. The van der Waals surface area contributed by atoms with Gasteiger partial charge in [0, 0.05) is 26.2 Å². The molecule has 0 spiro atoms. The Labute approximate surface area is 158 Å². The minimum absolute atomic E-state index is 0.150. The highest BCUT2D eigenvalue weighted by Crippen LogP contribution is 2.21. The lowest BCUT2D eigenvalue weighted by atomic mass is 9.94. The summed E-state index contributed by atoms with van der Waals surface area (Å²) in [4.78, 5) is 39.2. The van der Waals surface area contributed by atoms with Gasteiger partial charge >= 0.3 is 11.1 Å². The van der Waals surface area contributed by atoms with Crippen molar-refractivity contribution in [3.05, 3.63) is 45.0 Å². The molecule has 1 aliphatic rings. The summed E-state index contributed by atoms with van der Waals surface area (Å²) in [7, 11) is 3.67. The van der Waals surface area contributed by atoms with Crippen LogP contribution in [0.15, 0.2) is 33.9 Å². The molecule has 1 N–H and O–H groups in total. The average Bonchev–Trinajstić information content (AvgIpc) is 2.70. The van der Waals surface area contributed by atoms with Crippen LogP contribution in [0.5, 0.6) is 0 Å². The van der Waals surface area contributed by atoms with Crippen molar-refractivity contribution in [3.8, 4) is 0 Å². The average molecular weight is 372 g/mol. The summed E-state index contributed by atoms with van der Waals surface area (Å²) < 4.78 is 2.59. The van der Waals surface area contributed by atoms with Crippen LogP contribution in [0.1, 0.15) is 32.1 Å². The Morgan fingerprint density at radius 3 is 2.48 bits per heavy atom. The number of hydrogen-bond donors (Lipinski definition) is 1. The number of carbonyl (C=O) groups is 1. The number of aromatic nitrogens is 2. The third-order valence-corrected chi connectivity index (χ3v) is 5.55. The number of para-hydroxylation sites is 2. The quantitative estimate of drug-likeness (QED) is 0.770. The lowest BCUT2D eigenvalue weighted by Gasteiger charge is -2.31. The number of hydrogen-bond acceptors (Lipinski definition) is 4. The maximum Gasteiger partial charge on any atom is 0.317 e. The maximum absolute atomic E-state index is 12.4. The van der Waals surface area contributed by atoms with Crippen molar-refractivity contribution in [1.29, 1.82) is 0 Å².